The number of ether oxygens (including phenoxy) is 2. The lowest BCUT2D eigenvalue weighted by Gasteiger charge is -2.35. The van der Waals surface area contributed by atoms with Crippen LogP contribution in [0.5, 0.6) is 0 Å². The van der Waals surface area contributed by atoms with Crippen molar-refractivity contribution < 1.29 is 9.47 Å². The molecule has 0 aromatic carbocycles. The summed E-state index contributed by atoms with van der Waals surface area (Å²) in [6.45, 7) is 15.0. The number of aromatic nitrogens is 3. The second-order valence-corrected chi connectivity index (χ2v) is 9.80. The van der Waals surface area contributed by atoms with Gasteiger partial charge in [0.15, 0.2) is 0 Å². The Kier molecular flexibility index (Phi) is 10.7. The van der Waals surface area contributed by atoms with E-state index in [4.69, 9.17) is 14.5 Å². The molecule has 4 rings (SSSR count). The van der Waals surface area contributed by atoms with Gasteiger partial charge >= 0.3 is 0 Å². The van der Waals surface area contributed by atoms with Crippen LogP contribution in [0.15, 0.2) is 30.7 Å². The molecule has 0 atom stereocenters. The minimum absolute atomic E-state index is 0.750. The zero-order valence-electron chi connectivity index (χ0n) is 22.1. The van der Waals surface area contributed by atoms with Gasteiger partial charge in [-0.3, -0.25) is 9.80 Å². The maximum absolute atomic E-state index is 5.92. The molecule has 2 aliphatic heterocycles. The molecule has 0 N–H and O–H groups in total. The standard InChI is InChI=1S/C27H43N7O2/c1-24-21-29-27(30-22-24)34-16-12-32(13-17-34)9-4-19-36-20-7-25-5-6-26(28-23-25)33-14-10-31(11-15-33)8-3-18-35-2/h5-6,21-23H,3-4,7-20H2,1-2H3. The van der Waals surface area contributed by atoms with Crippen LogP contribution in [0.25, 0.3) is 0 Å². The van der Waals surface area contributed by atoms with Gasteiger partial charge in [-0.25, -0.2) is 15.0 Å². The van der Waals surface area contributed by atoms with Crippen LogP contribution in [0, 0.1) is 6.92 Å². The quantitative estimate of drug-likeness (QED) is 0.387. The third-order valence-corrected chi connectivity index (χ3v) is 7.05. The van der Waals surface area contributed by atoms with E-state index in [-0.39, 0.29) is 0 Å². The fourth-order valence-corrected chi connectivity index (χ4v) is 4.79. The summed E-state index contributed by atoms with van der Waals surface area (Å²) in [6, 6.07) is 4.37. The lowest BCUT2D eigenvalue weighted by molar-refractivity contribution is 0.122. The van der Waals surface area contributed by atoms with Crippen molar-refractivity contribution in [1.29, 1.82) is 0 Å². The summed E-state index contributed by atoms with van der Waals surface area (Å²) in [7, 11) is 1.77. The highest BCUT2D eigenvalue weighted by molar-refractivity contribution is 5.40. The summed E-state index contributed by atoms with van der Waals surface area (Å²) < 4.78 is 11.1. The fraction of sp³-hybridized carbons (Fsp3) is 0.667. The van der Waals surface area contributed by atoms with E-state index in [1.807, 2.05) is 25.5 Å². The van der Waals surface area contributed by atoms with Crippen molar-refractivity contribution >= 4 is 11.8 Å². The van der Waals surface area contributed by atoms with E-state index in [0.717, 1.165) is 122 Å². The van der Waals surface area contributed by atoms with E-state index >= 15 is 0 Å². The third kappa shape index (κ3) is 8.37. The van der Waals surface area contributed by atoms with Crippen LogP contribution in [0.2, 0.25) is 0 Å². The molecule has 2 fully saturated rings. The van der Waals surface area contributed by atoms with Gasteiger partial charge in [-0.2, -0.15) is 0 Å². The number of methoxy groups -OCH3 is 1. The van der Waals surface area contributed by atoms with Crippen molar-refractivity contribution in [3.63, 3.8) is 0 Å². The van der Waals surface area contributed by atoms with Crippen LogP contribution in [0.3, 0.4) is 0 Å². The molecule has 198 valence electrons. The molecule has 9 heteroatoms. The Hall–Kier alpha value is -2.33. The minimum atomic E-state index is 0.750. The number of aryl methyl sites for hydroxylation is 1. The van der Waals surface area contributed by atoms with Gasteiger partial charge in [0.05, 0.1) is 6.61 Å². The molecule has 2 aromatic rings. The van der Waals surface area contributed by atoms with Crippen LogP contribution < -0.4 is 9.80 Å². The number of piperazine rings is 2. The van der Waals surface area contributed by atoms with Crippen molar-refractivity contribution in [2.24, 2.45) is 0 Å². The monoisotopic (exact) mass is 497 g/mol. The number of anilines is 2. The molecule has 0 amide bonds. The second-order valence-electron chi connectivity index (χ2n) is 9.80. The number of pyridine rings is 1. The van der Waals surface area contributed by atoms with Crippen molar-refractivity contribution in [2.45, 2.75) is 26.2 Å². The molecule has 0 bridgehead atoms. The summed E-state index contributed by atoms with van der Waals surface area (Å²) in [5, 5.41) is 0. The van der Waals surface area contributed by atoms with Gasteiger partial charge in [0.1, 0.15) is 5.82 Å². The van der Waals surface area contributed by atoms with E-state index in [1.54, 1.807) is 7.11 Å². The third-order valence-electron chi connectivity index (χ3n) is 7.05. The van der Waals surface area contributed by atoms with Gasteiger partial charge in [0.25, 0.3) is 0 Å². The zero-order valence-corrected chi connectivity index (χ0v) is 22.1. The van der Waals surface area contributed by atoms with Crippen molar-refractivity contribution in [3.05, 3.63) is 41.9 Å². The zero-order chi connectivity index (χ0) is 25.0. The number of nitrogens with zero attached hydrogens (tertiary/aromatic N) is 7. The lowest BCUT2D eigenvalue weighted by atomic mass is 10.2. The molecule has 2 saturated heterocycles. The highest BCUT2D eigenvalue weighted by Crippen LogP contribution is 2.15. The van der Waals surface area contributed by atoms with Crippen molar-refractivity contribution in [3.8, 4) is 0 Å². The maximum Gasteiger partial charge on any atom is 0.225 e. The molecule has 9 nitrogen and oxygen atoms in total. The van der Waals surface area contributed by atoms with Crippen LogP contribution >= 0.6 is 0 Å². The van der Waals surface area contributed by atoms with Gasteiger partial charge in [-0.05, 0) is 43.4 Å². The van der Waals surface area contributed by atoms with Gasteiger partial charge in [0, 0.05) is 104 Å². The average Bonchev–Trinajstić information content (AvgIpc) is 2.92. The van der Waals surface area contributed by atoms with E-state index < -0.39 is 0 Å². The molecule has 0 unspecified atom stereocenters. The Morgan fingerprint density at radius 3 is 1.97 bits per heavy atom. The SMILES string of the molecule is COCCCN1CCN(c2ccc(CCOCCCN3CCN(c4ncc(C)cn4)CC3)cn2)CC1. The number of hydrogen-bond acceptors (Lipinski definition) is 9. The number of hydrogen-bond donors (Lipinski definition) is 0. The van der Waals surface area contributed by atoms with Gasteiger partial charge < -0.3 is 19.3 Å². The van der Waals surface area contributed by atoms with Gasteiger partial charge in [-0.1, -0.05) is 6.07 Å². The van der Waals surface area contributed by atoms with E-state index in [0.29, 0.717) is 0 Å². The Bertz CT molecular complexity index is 865. The first-order valence-electron chi connectivity index (χ1n) is 13.5. The van der Waals surface area contributed by atoms with E-state index in [2.05, 4.69) is 41.7 Å². The Morgan fingerprint density at radius 1 is 0.722 bits per heavy atom. The first-order valence-corrected chi connectivity index (χ1v) is 13.5. The molecule has 0 spiro atoms. The summed E-state index contributed by atoms with van der Waals surface area (Å²) >= 11 is 0. The highest BCUT2D eigenvalue weighted by atomic mass is 16.5. The van der Waals surface area contributed by atoms with E-state index in [9.17, 15) is 0 Å². The minimum Gasteiger partial charge on any atom is -0.385 e. The van der Waals surface area contributed by atoms with Crippen LogP contribution in [-0.2, 0) is 15.9 Å². The van der Waals surface area contributed by atoms with Gasteiger partial charge in [-0.15, -0.1) is 0 Å². The Labute approximate surface area is 216 Å². The van der Waals surface area contributed by atoms with Crippen LogP contribution in [0.1, 0.15) is 24.0 Å². The largest absolute Gasteiger partial charge is 0.385 e. The summed E-state index contributed by atoms with van der Waals surface area (Å²) in [5.74, 6) is 1.94. The van der Waals surface area contributed by atoms with Crippen molar-refractivity contribution in [1.82, 2.24) is 24.8 Å². The molecular formula is C27H43N7O2. The second kappa shape index (κ2) is 14.4. The molecule has 0 radical (unpaired) electrons. The average molecular weight is 498 g/mol. The predicted molar refractivity (Wildman–Crippen MR) is 144 cm³/mol. The molecule has 0 aliphatic carbocycles. The Balaban J connectivity index is 1.04. The Morgan fingerprint density at radius 2 is 1.36 bits per heavy atom. The normalized spacial score (nSPS) is 17.6. The summed E-state index contributed by atoms with van der Waals surface area (Å²) in [6.07, 6.45) is 8.88. The predicted octanol–water partition coefficient (Wildman–Crippen LogP) is 2.11. The molecule has 0 saturated carbocycles. The molecule has 36 heavy (non-hydrogen) atoms. The maximum atomic E-state index is 5.92. The first-order chi connectivity index (χ1) is 17.7. The molecular weight excluding hydrogens is 454 g/mol. The van der Waals surface area contributed by atoms with Crippen LogP contribution in [0.4, 0.5) is 11.8 Å². The van der Waals surface area contributed by atoms with Crippen molar-refractivity contribution in [2.75, 3.05) is 102 Å². The fourth-order valence-electron chi connectivity index (χ4n) is 4.79. The number of rotatable bonds is 13. The summed E-state index contributed by atoms with van der Waals surface area (Å²) in [5.41, 5.74) is 2.34. The van der Waals surface area contributed by atoms with Crippen LogP contribution in [-0.4, -0.2) is 117 Å². The first kappa shape index (κ1) is 26.7. The van der Waals surface area contributed by atoms with E-state index in [1.165, 1.54) is 5.56 Å². The molecule has 2 aromatic heterocycles. The topological polar surface area (TPSA) is 70.1 Å². The lowest BCUT2D eigenvalue weighted by Crippen LogP contribution is -2.47. The molecule has 4 heterocycles. The summed E-state index contributed by atoms with van der Waals surface area (Å²) in [4.78, 5) is 23.3. The molecule has 2 aliphatic rings. The smallest absolute Gasteiger partial charge is 0.225 e. The highest BCUT2D eigenvalue weighted by Gasteiger charge is 2.19. The van der Waals surface area contributed by atoms with Gasteiger partial charge in [0.2, 0.25) is 5.95 Å².